The monoisotopic (exact) mass is 451 g/mol. The first-order valence-corrected chi connectivity index (χ1v) is 11.1. The molecule has 2 aromatic carbocycles. The molecule has 0 atom stereocenters. The van der Waals surface area contributed by atoms with Crippen LogP contribution in [0.4, 0.5) is 5.13 Å². The van der Waals surface area contributed by atoms with Crippen molar-refractivity contribution < 1.29 is 18.6 Å². The minimum absolute atomic E-state index is 0.297. The Bertz CT molecular complexity index is 1310. The molecule has 2 heterocycles. The molecule has 4 aromatic rings. The molecular formula is C24H25N3O4S. The minimum Gasteiger partial charge on any atom is -0.494 e. The molecule has 7 nitrogen and oxygen atoms in total. The van der Waals surface area contributed by atoms with Crippen LogP contribution in [0.5, 0.6) is 17.2 Å². The van der Waals surface area contributed by atoms with Gasteiger partial charge in [0.1, 0.15) is 22.1 Å². The summed E-state index contributed by atoms with van der Waals surface area (Å²) in [5.74, 6) is 2.97. The predicted molar refractivity (Wildman–Crippen MR) is 125 cm³/mol. The van der Waals surface area contributed by atoms with Crippen LogP contribution in [0, 0.1) is 0 Å². The number of hydrogen-bond donors (Lipinski definition) is 0. The van der Waals surface area contributed by atoms with Gasteiger partial charge in [0.05, 0.1) is 26.2 Å². The van der Waals surface area contributed by atoms with E-state index in [1.807, 2.05) is 49.4 Å². The van der Waals surface area contributed by atoms with Crippen LogP contribution in [-0.2, 0) is 0 Å². The maximum absolute atomic E-state index is 6.23. The van der Waals surface area contributed by atoms with E-state index in [-0.39, 0.29) is 0 Å². The van der Waals surface area contributed by atoms with E-state index >= 15 is 0 Å². The summed E-state index contributed by atoms with van der Waals surface area (Å²) in [5.41, 5.74) is 1.53. The van der Waals surface area contributed by atoms with Gasteiger partial charge in [-0.05, 0) is 43.3 Å². The summed E-state index contributed by atoms with van der Waals surface area (Å²) >= 11 is 1.48. The van der Waals surface area contributed by atoms with E-state index in [1.54, 1.807) is 14.2 Å². The molecule has 0 N–H and O–H groups in total. The standard InChI is InChI=1S/C24H25N3O4S/c1-6-30-16-8-10-19-17(12-16)18(25-24-27-26-23(32-24)14(2)3)13-21(31-19)15-7-9-20(28-4)22(11-15)29-5/h7-14H,6H2,1-5H3/b25-18+. The van der Waals surface area contributed by atoms with Crippen molar-refractivity contribution in [2.45, 2.75) is 26.7 Å². The molecule has 0 amide bonds. The molecule has 0 aliphatic carbocycles. The zero-order valence-corrected chi connectivity index (χ0v) is 19.5. The smallest absolute Gasteiger partial charge is 0.232 e. The molecule has 0 unspecified atom stereocenters. The highest BCUT2D eigenvalue weighted by Gasteiger charge is 2.12. The van der Waals surface area contributed by atoms with Gasteiger partial charge >= 0.3 is 0 Å². The number of aromatic nitrogens is 2. The average molecular weight is 452 g/mol. The maximum atomic E-state index is 6.23. The van der Waals surface area contributed by atoms with Crippen molar-refractivity contribution in [3.05, 3.63) is 52.8 Å². The lowest BCUT2D eigenvalue weighted by atomic mass is 10.1. The molecule has 4 rings (SSSR count). The van der Waals surface area contributed by atoms with Crippen LogP contribution in [0.2, 0.25) is 0 Å². The number of benzene rings is 2. The molecule has 2 aromatic heterocycles. The third kappa shape index (κ3) is 4.45. The van der Waals surface area contributed by atoms with Crippen molar-refractivity contribution in [2.24, 2.45) is 4.99 Å². The summed E-state index contributed by atoms with van der Waals surface area (Å²) in [6, 6.07) is 13.3. The van der Waals surface area contributed by atoms with Crippen molar-refractivity contribution in [3.63, 3.8) is 0 Å². The fourth-order valence-electron chi connectivity index (χ4n) is 3.24. The van der Waals surface area contributed by atoms with Crippen LogP contribution in [0.15, 0.2) is 51.9 Å². The fraction of sp³-hybridized carbons (Fsp3) is 0.292. The zero-order valence-electron chi connectivity index (χ0n) is 18.7. The lowest BCUT2D eigenvalue weighted by Crippen LogP contribution is -2.04. The molecule has 0 bridgehead atoms. The van der Waals surface area contributed by atoms with Crippen LogP contribution in [0.1, 0.15) is 31.7 Å². The van der Waals surface area contributed by atoms with Crippen LogP contribution >= 0.6 is 11.3 Å². The Labute approximate surface area is 190 Å². The van der Waals surface area contributed by atoms with Crippen molar-refractivity contribution in [1.29, 1.82) is 0 Å². The normalized spacial score (nSPS) is 11.9. The van der Waals surface area contributed by atoms with E-state index in [4.69, 9.17) is 23.6 Å². The number of nitrogens with zero attached hydrogens (tertiary/aromatic N) is 3. The number of hydrogen-bond acceptors (Lipinski definition) is 8. The van der Waals surface area contributed by atoms with Gasteiger partial charge in [-0.2, -0.15) is 0 Å². The van der Waals surface area contributed by atoms with E-state index in [2.05, 4.69) is 24.0 Å². The topological polar surface area (TPSA) is 79.0 Å². The van der Waals surface area contributed by atoms with E-state index in [9.17, 15) is 0 Å². The molecule has 0 aliphatic rings. The van der Waals surface area contributed by atoms with Gasteiger partial charge in [0, 0.05) is 22.9 Å². The SMILES string of the molecule is CCOc1ccc2oc(-c3ccc(OC)c(OC)c3)c/c(=N\c3nnc(C(C)C)s3)c2c1. The minimum atomic E-state index is 0.297. The Morgan fingerprint density at radius 3 is 2.50 bits per heavy atom. The van der Waals surface area contributed by atoms with E-state index in [0.29, 0.717) is 40.5 Å². The highest BCUT2D eigenvalue weighted by Crippen LogP contribution is 2.33. The fourth-order valence-corrected chi connectivity index (χ4v) is 3.97. The third-order valence-corrected chi connectivity index (χ3v) is 5.95. The molecule has 0 fully saturated rings. The summed E-state index contributed by atoms with van der Waals surface area (Å²) < 4.78 is 22.7. The molecule has 0 radical (unpaired) electrons. The van der Waals surface area contributed by atoms with E-state index in [0.717, 1.165) is 27.1 Å². The molecule has 0 spiro atoms. The summed E-state index contributed by atoms with van der Waals surface area (Å²) in [5, 5.41) is 11.6. The Morgan fingerprint density at radius 1 is 1.00 bits per heavy atom. The molecule has 8 heteroatoms. The molecular weight excluding hydrogens is 426 g/mol. The second kappa shape index (κ2) is 9.40. The molecule has 0 saturated carbocycles. The van der Waals surface area contributed by atoms with Crippen molar-refractivity contribution >= 4 is 27.4 Å². The van der Waals surface area contributed by atoms with Gasteiger partial charge in [-0.3, -0.25) is 0 Å². The molecule has 0 saturated heterocycles. The number of rotatable bonds is 7. The Hall–Kier alpha value is -3.39. The summed E-state index contributed by atoms with van der Waals surface area (Å²) in [6.45, 7) is 6.71. The highest BCUT2D eigenvalue weighted by atomic mass is 32.1. The predicted octanol–water partition coefficient (Wildman–Crippen LogP) is 5.72. The van der Waals surface area contributed by atoms with Gasteiger partial charge in [-0.15, -0.1) is 10.2 Å². The second-order valence-electron chi connectivity index (χ2n) is 7.35. The first-order chi connectivity index (χ1) is 15.5. The molecule has 0 aliphatic heterocycles. The van der Waals surface area contributed by atoms with Gasteiger partial charge in [0.2, 0.25) is 5.13 Å². The largest absolute Gasteiger partial charge is 0.494 e. The third-order valence-electron chi connectivity index (χ3n) is 4.83. The maximum Gasteiger partial charge on any atom is 0.232 e. The lowest BCUT2D eigenvalue weighted by Gasteiger charge is -2.10. The van der Waals surface area contributed by atoms with Crippen LogP contribution in [-0.4, -0.2) is 31.0 Å². The van der Waals surface area contributed by atoms with Crippen molar-refractivity contribution in [2.75, 3.05) is 20.8 Å². The first kappa shape index (κ1) is 21.8. The van der Waals surface area contributed by atoms with Gasteiger partial charge in [0.25, 0.3) is 0 Å². The zero-order chi connectivity index (χ0) is 22.7. The number of fused-ring (bicyclic) bond motifs is 1. The van der Waals surface area contributed by atoms with Crippen LogP contribution in [0.3, 0.4) is 0 Å². The average Bonchev–Trinajstić information content (AvgIpc) is 3.28. The molecule has 32 heavy (non-hydrogen) atoms. The van der Waals surface area contributed by atoms with E-state index < -0.39 is 0 Å². The lowest BCUT2D eigenvalue weighted by molar-refractivity contribution is 0.340. The summed E-state index contributed by atoms with van der Waals surface area (Å²) in [7, 11) is 3.22. The number of ether oxygens (including phenoxy) is 3. The summed E-state index contributed by atoms with van der Waals surface area (Å²) in [4.78, 5) is 4.81. The second-order valence-corrected chi connectivity index (χ2v) is 8.33. The Balaban J connectivity index is 1.92. The van der Waals surface area contributed by atoms with Gasteiger partial charge in [0.15, 0.2) is 11.5 Å². The Morgan fingerprint density at radius 2 is 1.81 bits per heavy atom. The van der Waals surface area contributed by atoms with Crippen LogP contribution in [0.25, 0.3) is 22.3 Å². The van der Waals surface area contributed by atoms with E-state index in [1.165, 1.54) is 11.3 Å². The molecule has 166 valence electrons. The van der Waals surface area contributed by atoms with Crippen molar-refractivity contribution in [1.82, 2.24) is 10.2 Å². The summed E-state index contributed by atoms with van der Waals surface area (Å²) in [6.07, 6.45) is 0. The number of methoxy groups -OCH3 is 2. The van der Waals surface area contributed by atoms with Crippen molar-refractivity contribution in [3.8, 4) is 28.6 Å². The first-order valence-electron chi connectivity index (χ1n) is 10.3. The van der Waals surface area contributed by atoms with Crippen LogP contribution < -0.4 is 19.6 Å². The highest BCUT2D eigenvalue weighted by molar-refractivity contribution is 7.15. The quantitative estimate of drug-likeness (QED) is 0.357. The van der Waals surface area contributed by atoms with Gasteiger partial charge in [-0.25, -0.2) is 4.99 Å². The van der Waals surface area contributed by atoms with Gasteiger partial charge in [-0.1, -0.05) is 25.2 Å². The van der Waals surface area contributed by atoms with Gasteiger partial charge < -0.3 is 18.6 Å². The Kier molecular flexibility index (Phi) is 6.41.